The maximum Gasteiger partial charge on any atom is 0.0943 e. The number of nitrogens with zero attached hydrogens (tertiary/aromatic N) is 1. The molecule has 2 aliphatic heterocycles. The predicted molar refractivity (Wildman–Crippen MR) is 91.0 cm³/mol. The SMILES string of the molecule is N[C@@H]1COC[C@H](N2c3ccccc3CCc3ccccc32)[C@H]1O. The van der Waals surface area contributed by atoms with E-state index in [9.17, 15) is 5.11 Å². The molecule has 0 spiro atoms. The summed E-state index contributed by atoms with van der Waals surface area (Å²) < 4.78 is 5.66. The first-order chi connectivity index (χ1) is 11.3. The summed E-state index contributed by atoms with van der Waals surface area (Å²) in [5.74, 6) is 0. The Bertz CT molecular complexity index is 656. The zero-order valence-electron chi connectivity index (χ0n) is 13.1. The lowest BCUT2D eigenvalue weighted by Gasteiger charge is -2.42. The van der Waals surface area contributed by atoms with Crippen molar-refractivity contribution >= 4 is 11.4 Å². The molecule has 0 aromatic heterocycles. The minimum atomic E-state index is -0.608. The van der Waals surface area contributed by atoms with Gasteiger partial charge in [0, 0.05) is 11.4 Å². The van der Waals surface area contributed by atoms with Crippen LogP contribution in [0.5, 0.6) is 0 Å². The third kappa shape index (κ3) is 2.53. The van der Waals surface area contributed by atoms with Crippen molar-refractivity contribution in [3.05, 3.63) is 59.7 Å². The molecule has 23 heavy (non-hydrogen) atoms. The molecule has 0 aliphatic carbocycles. The van der Waals surface area contributed by atoms with Crippen LogP contribution in [0, 0.1) is 0 Å². The van der Waals surface area contributed by atoms with Gasteiger partial charge < -0.3 is 20.5 Å². The van der Waals surface area contributed by atoms with Crippen molar-refractivity contribution in [1.29, 1.82) is 0 Å². The van der Waals surface area contributed by atoms with Crippen LogP contribution in [-0.2, 0) is 17.6 Å². The number of aliphatic hydroxyl groups excluding tert-OH is 1. The Morgan fingerprint density at radius 2 is 1.48 bits per heavy atom. The minimum absolute atomic E-state index is 0.167. The van der Waals surface area contributed by atoms with Gasteiger partial charge >= 0.3 is 0 Å². The normalized spacial score (nSPS) is 27.0. The van der Waals surface area contributed by atoms with Crippen molar-refractivity contribution in [2.75, 3.05) is 18.1 Å². The largest absolute Gasteiger partial charge is 0.389 e. The lowest BCUT2D eigenvalue weighted by Crippen LogP contribution is -2.58. The van der Waals surface area contributed by atoms with Crippen LogP contribution in [0.15, 0.2) is 48.5 Å². The fraction of sp³-hybridized carbons (Fsp3) is 0.368. The van der Waals surface area contributed by atoms with E-state index in [2.05, 4.69) is 53.4 Å². The van der Waals surface area contributed by atoms with Crippen molar-refractivity contribution in [3.63, 3.8) is 0 Å². The summed E-state index contributed by atoms with van der Waals surface area (Å²) in [5.41, 5.74) is 11.0. The molecule has 3 atom stereocenters. The number of ether oxygens (including phenoxy) is 1. The molecule has 2 aromatic rings. The molecule has 1 fully saturated rings. The van der Waals surface area contributed by atoms with E-state index in [-0.39, 0.29) is 12.1 Å². The highest BCUT2D eigenvalue weighted by atomic mass is 16.5. The van der Waals surface area contributed by atoms with Crippen LogP contribution in [-0.4, -0.2) is 36.5 Å². The molecule has 0 amide bonds. The number of aryl methyl sites for hydroxylation is 2. The number of benzene rings is 2. The van der Waals surface area contributed by atoms with Gasteiger partial charge in [0.05, 0.1) is 31.4 Å². The summed E-state index contributed by atoms with van der Waals surface area (Å²) >= 11 is 0. The first kappa shape index (κ1) is 14.7. The maximum absolute atomic E-state index is 10.7. The second kappa shape index (κ2) is 5.96. The van der Waals surface area contributed by atoms with E-state index < -0.39 is 6.10 Å². The number of hydrogen-bond acceptors (Lipinski definition) is 4. The number of fused-ring (bicyclic) bond motifs is 2. The quantitative estimate of drug-likeness (QED) is 0.846. The Morgan fingerprint density at radius 1 is 0.913 bits per heavy atom. The molecular formula is C19H22N2O2. The number of rotatable bonds is 1. The third-order valence-corrected chi connectivity index (χ3v) is 4.93. The Hall–Kier alpha value is -1.88. The number of anilines is 2. The fourth-order valence-corrected chi connectivity index (χ4v) is 3.71. The van der Waals surface area contributed by atoms with Gasteiger partial charge in [-0.25, -0.2) is 0 Å². The van der Waals surface area contributed by atoms with Crippen LogP contribution in [0.3, 0.4) is 0 Å². The maximum atomic E-state index is 10.7. The molecule has 0 bridgehead atoms. The van der Waals surface area contributed by atoms with Crippen molar-refractivity contribution < 1.29 is 9.84 Å². The molecule has 0 saturated carbocycles. The van der Waals surface area contributed by atoms with E-state index in [1.165, 1.54) is 11.1 Å². The van der Waals surface area contributed by atoms with Gasteiger partial charge in [0.15, 0.2) is 0 Å². The van der Waals surface area contributed by atoms with E-state index in [1.54, 1.807) is 0 Å². The average Bonchev–Trinajstić information content (AvgIpc) is 2.75. The molecule has 4 rings (SSSR count). The van der Waals surface area contributed by atoms with Gasteiger partial charge in [-0.1, -0.05) is 36.4 Å². The van der Waals surface area contributed by atoms with Crippen molar-refractivity contribution in [2.24, 2.45) is 5.73 Å². The van der Waals surface area contributed by atoms with Crippen LogP contribution in [0.4, 0.5) is 11.4 Å². The number of hydrogen-bond donors (Lipinski definition) is 2. The zero-order valence-corrected chi connectivity index (χ0v) is 13.1. The Morgan fingerprint density at radius 3 is 2.09 bits per heavy atom. The van der Waals surface area contributed by atoms with Gasteiger partial charge in [-0.3, -0.25) is 0 Å². The van der Waals surface area contributed by atoms with Gasteiger partial charge in [0.25, 0.3) is 0 Å². The van der Waals surface area contributed by atoms with Crippen molar-refractivity contribution in [1.82, 2.24) is 0 Å². The van der Waals surface area contributed by atoms with Gasteiger partial charge in [-0.05, 0) is 36.1 Å². The highest BCUT2D eigenvalue weighted by Crippen LogP contribution is 2.38. The van der Waals surface area contributed by atoms with Crippen LogP contribution < -0.4 is 10.6 Å². The van der Waals surface area contributed by atoms with Crippen LogP contribution in [0.25, 0.3) is 0 Å². The lowest BCUT2D eigenvalue weighted by molar-refractivity contribution is -0.0193. The van der Waals surface area contributed by atoms with Crippen molar-refractivity contribution in [2.45, 2.75) is 31.0 Å². The average molecular weight is 310 g/mol. The molecule has 3 N–H and O–H groups in total. The second-order valence-corrected chi connectivity index (χ2v) is 6.39. The summed E-state index contributed by atoms with van der Waals surface area (Å²) in [6.45, 7) is 0.895. The van der Waals surface area contributed by atoms with Crippen LogP contribution in [0.2, 0.25) is 0 Å². The second-order valence-electron chi connectivity index (χ2n) is 6.39. The molecule has 4 nitrogen and oxygen atoms in total. The Kier molecular flexibility index (Phi) is 3.81. The standard InChI is InChI=1S/C19H22N2O2/c20-15-11-23-12-18(19(15)22)21-16-7-3-1-5-13(16)9-10-14-6-2-4-8-17(14)21/h1-8,15,18-19,22H,9-12,20H2/t15-,18+,19+/m1/s1. The molecule has 120 valence electrons. The number of nitrogens with two attached hydrogens (primary N) is 1. The molecule has 0 unspecified atom stereocenters. The summed E-state index contributed by atoms with van der Waals surface area (Å²) in [6.07, 6.45) is 1.39. The Balaban J connectivity index is 1.86. The summed E-state index contributed by atoms with van der Waals surface area (Å²) in [5, 5.41) is 10.7. The first-order valence-electron chi connectivity index (χ1n) is 8.22. The summed E-state index contributed by atoms with van der Waals surface area (Å²) in [6, 6.07) is 16.3. The highest BCUT2D eigenvalue weighted by molar-refractivity contribution is 5.72. The predicted octanol–water partition coefficient (Wildman–Crippen LogP) is 2.01. The smallest absolute Gasteiger partial charge is 0.0943 e. The van der Waals surface area contributed by atoms with Gasteiger partial charge in [-0.15, -0.1) is 0 Å². The third-order valence-electron chi connectivity index (χ3n) is 4.93. The number of aliphatic hydroxyl groups is 1. The van der Waals surface area contributed by atoms with Crippen LogP contribution >= 0.6 is 0 Å². The monoisotopic (exact) mass is 310 g/mol. The topological polar surface area (TPSA) is 58.7 Å². The van der Waals surface area contributed by atoms with Gasteiger partial charge in [0.1, 0.15) is 0 Å². The molecule has 2 aromatic carbocycles. The van der Waals surface area contributed by atoms with E-state index in [0.29, 0.717) is 13.2 Å². The Labute approximate surface area is 136 Å². The number of para-hydroxylation sites is 2. The molecule has 2 aliphatic rings. The van der Waals surface area contributed by atoms with E-state index in [0.717, 1.165) is 24.2 Å². The molecule has 0 radical (unpaired) electrons. The van der Waals surface area contributed by atoms with Gasteiger partial charge in [-0.2, -0.15) is 0 Å². The summed E-state index contributed by atoms with van der Waals surface area (Å²) in [4.78, 5) is 2.24. The van der Waals surface area contributed by atoms with Gasteiger partial charge in [0.2, 0.25) is 0 Å². The van der Waals surface area contributed by atoms with E-state index in [4.69, 9.17) is 10.5 Å². The molecule has 1 saturated heterocycles. The minimum Gasteiger partial charge on any atom is -0.389 e. The zero-order chi connectivity index (χ0) is 15.8. The highest BCUT2D eigenvalue weighted by Gasteiger charge is 2.37. The fourth-order valence-electron chi connectivity index (χ4n) is 3.71. The van der Waals surface area contributed by atoms with Crippen molar-refractivity contribution in [3.8, 4) is 0 Å². The van der Waals surface area contributed by atoms with E-state index >= 15 is 0 Å². The first-order valence-corrected chi connectivity index (χ1v) is 8.22. The van der Waals surface area contributed by atoms with E-state index in [1.807, 2.05) is 0 Å². The lowest BCUT2D eigenvalue weighted by atomic mass is 9.98. The van der Waals surface area contributed by atoms with Crippen LogP contribution in [0.1, 0.15) is 11.1 Å². The molecule has 4 heteroatoms. The molecular weight excluding hydrogens is 288 g/mol. The summed E-state index contributed by atoms with van der Waals surface area (Å²) in [7, 11) is 0. The molecule has 2 heterocycles.